The van der Waals surface area contributed by atoms with E-state index in [4.69, 9.17) is 4.74 Å². The SMILES string of the molecule is CN1C(=O)N[C@@H](c2cccc(Oc3ccccc3)c2)C2=C1CN([C@@H](C(=O)NCCc1ccccn1)c1ccccc1)C2=O. The van der Waals surface area contributed by atoms with Gasteiger partial charge in [0.05, 0.1) is 23.9 Å². The number of ether oxygens (including phenoxy) is 1. The molecular weight excluding hydrogens is 542 g/mol. The van der Waals surface area contributed by atoms with Crippen LogP contribution >= 0.6 is 0 Å². The summed E-state index contributed by atoms with van der Waals surface area (Å²) in [6.45, 7) is 0.479. The van der Waals surface area contributed by atoms with E-state index >= 15 is 0 Å². The highest BCUT2D eigenvalue weighted by Gasteiger charge is 2.46. The minimum absolute atomic E-state index is 0.113. The normalized spacial score (nSPS) is 16.9. The molecule has 43 heavy (non-hydrogen) atoms. The molecule has 2 atom stereocenters. The Hall–Kier alpha value is -5.44. The Morgan fingerprint density at radius 2 is 1.67 bits per heavy atom. The number of carbonyl (C=O) groups excluding carboxylic acids is 3. The monoisotopic (exact) mass is 573 g/mol. The molecule has 9 heteroatoms. The van der Waals surface area contributed by atoms with Crippen LogP contribution in [0.5, 0.6) is 11.5 Å². The van der Waals surface area contributed by atoms with Crippen molar-refractivity contribution in [2.24, 2.45) is 0 Å². The third kappa shape index (κ3) is 5.83. The van der Waals surface area contributed by atoms with E-state index in [1.165, 1.54) is 4.90 Å². The highest BCUT2D eigenvalue weighted by atomic mass is 16.5. The van der Waals surface area contributed by atoms with Crippen LogP contribution in [0.25, 0.3) is 0 Å². The fourth-order valence-corrected chi connectivity index (χ4v) is 5.49. The molecule has 0 unspecified atom stereocenters. The van der Waals surface area contributed by atoms with Gasteiger partial charge in [-0.2, -0.15) is 0 Å². The number of hydrogen-bond donors (Lipinski definition) is 2. The van der Waals surface area contributed by atoms with Gasteiger partial charge >= 0.3 is 6.03 Å². The highest BCUT2D eigenvalue weighted by molar-refractivity contribution is 6.03. The summed E-state index contributed by atoms with van der Waals surface area (Å²) in [5, 5.41) is 5.97. The first-order valence-corrected chi connectivity index (χ1v) is 14.1. The minimum Gasteiger partial charge on any atom is -0.457 e. The zero-order valence-corrected chi connectivity index (χ0v) is 23.6. The maximum absolute atomic E-state index is 14.2. The molecule has 2 N–H and O–H groups in total. The van der Waals surface area contributed by atoms with Gasteiger partial charge < -0.3 is 20.3 Å². The van der Waals surface area contributed by atoms with Crippen LogP contribution < -0.4 is 15.4 Å². The number of rotatable bonds is 9. The molecule has 0 saturated carbocycles. The number of pyridine rings is 1. The topological polar surface area (TPSA) is 104 Å². The van der Waals surface area contributed by atoms with Gasteiger partial charge in [-0.15, -0.1) is 0 Å². The molecular formula is C34H31N5O4. The number of para-hydroxylation sites is 1. The molecule has 4 amide bonds. The van der Waals surface area contributed by atoms with Crippen molar-refractivity contribution in [2.45, 2.75) is 18.5 Å². The number of amides is 4. The Balaban J connectivity index is 1.28. The predicted molar refractivity (Wildman–Crippen MR) is 161 cm³/mol. The molecule has 0 fully saturated rings. The number of carbonyl (C=O) groups is 3. The molecule has 2 aliphatic heterocycles. The van der Waals surface area contributed by atoms with Crippen molar-refractivity contribution in [3.8, 4) is 11.5 Å². The first-order chi connectivity index (χ1) is 21.0. The zero-order valence-electron chi connectivity index (χ0n) is 23.6. The molecule has 0 spiro atoms. The van der Waals surface area contributed by atoms with E-state index in [1.54, 1.807) is 18.1 Å². The number of hydrogen-bond acceptors (Lipinski definition) is 5. The van der Waals surface area contributed by atoms with Crippen LogP contribution in [0.15, 0.2) is 121 Å². The highest BCUT2D eigenvalue weighted by Crippen LogP contribution is 2.40. The summed E-state index contributed by atoms with van der Waals surface area (Å²) >= 11 is 0. The maximum atomic E-state index is 14.2. The van der Waals surface area contributed by atoms with E-state index in [-0.39, 0.29) is 24.4 Å². The molecule has 4 aromatic rings. The molecule has 0 saturated heterocycles. The van der Waals surface area contributed by atoms with Gasteiger partial charge in [0, 0.05) is 31.9 Å². The van der Waals surface area contributed by atoms with Gasteiger partial charge in [-0.3, -0.25) is 19.5 Å². The number of likely N-dealkylation sites (N-methyl/N-ethyl adjacent to an activating group) is 1. The molecule has 3 heterocycles. The Kier molecular flexibility index (Phi) is 7.86. The summed E-state index contributed by atoms with van der Waals surface area (Å²) < 4.78 is 6.02. The molecule has 2 aliphatic rings. The third-order valence-electron chi connectivity index (χ3n) is 7.64. The van der Waals surface area contributed by atoms with E-state index in [0.717, 1.165) is 5.69 Å². The van der Waals surface area contributed by atoms with Crippen molar-refractivity contribution < 1.29 is 19.1 Å². The molecule has 0 aliphatic carbocycles. The molecule has 0 bridgehead atoms. The maximum Gasteiger partial charge on any atom is 0.322 e. The second kappa shape index (κ2) is 12.2. The average molecular weight is 574 g/mol. The molecule has 3 aromatic carbocycles. The second-order valence-electron chi connectivity index (χ2n) is 10.4. The van der Waals surface area contributed by atoms with Crippen LogP contribution in [0, 0.1) is 0 Å². The smallest absolute Gasteiger partial charge is 0.322 e. The Morgan fingerprint density at radius 1 is 0.953 bits per heavy atom. The Bertz CT molecular complexity index is 1660. The molecule has 9 nitrogen and oxygen atoms in total. The molecule has 0 radical (unpaired) electrons. The first kappa shape index (κ1) is 27.7. The van der Waals surface area contributed by atoms with Gasteiger partial charge in [0.15, 0.2) is 0 Å². The number of nitrogens with one attached hydrogen (secondary N) is 2. The summed E-state index contributed by atoms with van der Waals surface area (Å²) in [7, 11) is 1.64. The van der Waals surface area contributed by atoms with Crippen LogP contribution in [-0.4, -0.2) is 52.8 Å². The summed E-state index contributed by atoms with van der Waals surface area (Å²) in [4.78, 5) is 48.4. The van der Waals surface area contributed by atoms with Gasteiger partial charge in [0.2, 0.25) is 5.91 Å². The van der Waals surface area contributed by atoms with Crippen molar-refractivity contribution in [1.29, 1.82) is 0 Å². The first-order valence-electron chi connectivity index (χ1n) is 14.1. The predicted octanol–water partition coefficient (Wildman–Crippen LogP) is 4.77. The standard InChI is InChI=1S/C34H31N5O4/c1-38-28-22-39(31(23-11-4-2-5-12-23)32(40)36-20-18-25-14-8-9-19-35-25)33(41)29(28)30(37-34(38)42)24-13-10-17-27(21-24)43-26-15-6-3-7-16-26/h2-17,19,21,30-31H,18,20,22H2,1H3,(H,36,40)(H,37,42)/t30-,31+/m0/s1. The van der Waals surface area contributed by atoms with Crippen molar-refractivity contribution in [3.05, 3.63) is 137 Å². The fourth-order valence-electron chi connectivity index (χ4n) is 5.49. The van der Waals surface area contributed by atoms with Gasteiger partial charge in [0.1, 0.15) is 17.5 Å². The molecule has 6 rings (SSSR count). The number of aromatic nitrogens is 1. The third-order valence-corrected chi connectivity index (χ3v) is 7.64. The second-order valence-corrected chi connectivity index (χ2v) is 10.4. The largest absolute Gasteiger partial charge is 0.457 e. The van der Waals surface area contributed by atoms with E-state index in [9.17, 15) is 14.4 Å². The van der Waals surface area contributed by atoms with Crippen molar-refractivity contribution in [1.82, 2.24) is 25.4 Å². The van der Waals surface area contributed by atoms with Gasteiger partial charge in [-0.05, 0) is 47.5 Å². The number of benzene rings is 3. The van der Waals surface area contributed by atoms with E-state index < -0.39 is 12.1 Å². The van der Waals surface area contributed by atoms with Gasteiger partial charge in [-0.25, -0.2) is 4.79 Å². The van der Waals surface area contributed by atoms with Crippen molar-refractivity contribution in [2.75, 3.05) is 20.1 Å². The van der Waals surface area contributed by atoms with E-state index in [2.05, 4.69) is 15.6 Å². The lowest BCUT2D eigenvalue weighted by molar-refractivity contribution is -0.136. The molecule has 1 aromatic heterocycles. The molecule has 216 valence electrons. The quantitative estimate of drug-likeness (QED) is 0.300. The van der Waals surface area contributed by atoms with Crippen LogP contribution in [0.4, 0.5) is 4.79 Å². The summed E-state index contributed by atoms with van der Waals surface area (Å²) in [6.07, 6.45) is 2.27. The zero-order chi connectivity index (χ0) is 29.8. The summed E-state index contributed by atoms with van der Waals surface area (Å²) in [6, 6.07) is 29.7. The number of urea groups is 1. The van der Waals surface area contributed by atoms with Crippen molar-refractivity contribution in [3.63, 3.8) is 0 Å². The van der Waals surface area contributed by atoms with Crippen LogP contribution in [0.3, 0.4) is 0 Å². The fraction of sp³-hybridized carbons (Fsp3) is 0.176. The Morgan fingerprint density at radius 3 is 2.42 bits per heavy atom. The minimum atomic E-state index is -0.889. The lowest BCUT2D eigenvalue weighted by Crippen LogP contribution is -2.45. The van der Waals surface area contributed by atoms with Crippen LogP contribution in [-0.2, 0) is 16.0 Å². The van der Waals surface area contributed by atoms with Gasteiger partial charge in [-0.1, -0.05) is 66.7 Å². The summed E-state index contributed by atoms with van der Waals surface area (Å²) in [5.41, 5.74) is 3.24. The lowest BCUT2D eigenvalue weighted by atomic mass is 9.95. The van der Waals surface area contributed by atoms with E-state index in [0.29, 0.717) is 46.9 Å². The van der Waals surface area contributed by atoms with Crippen LogP contribution in [0.2, 0.25) is 0 Å². The average Bonchev–Trinajstić information content (AvgIpc) is 3.37. The summed E-state index contributed by atoms with van der Waals surface area (Å²) in [5.74, 6) is 0.646. The van der Waals surface area contributed by atoms with Crippen molar-refractivity contribution >= 4 is 17.8 Å². The van der Waals surface area contributed by atoms with Crippen LogP contribution in [0.1, 0.15) is 28.9 Å². The van der Waals surface area contributed by atoms with E-state index in [1.807, 2.05) is 103 Å². The lowest BCUT2D eigenvalue weighted by Gasteiger charge is -2.31. The van der Waals surface area contributed by atoms with Gasteiger partial charge in [0.25, 0.3) is 5.91 Å². The Labute approximate surface area is 249 Å². The number of nitrogens with zero attached hydrogens (tertiary/aromatic N) is 3.